The van der Waals surface area contributed by atoms with Crippen molar-refractivity contribution in [3.05, 3.63) is 41.2 Å². The van der Waals surface area contributed by atoms with E-state index in [0.29, 0.717) is 5.22 Å². The first-order valence-corrected chi connectivity index (χ1v) is 7.00. The molecule has 2 aromatic rings. The number of hydrogen-bond acceptors (Lipinski definition) is 4. The third-order valence-corrected chi connectivity index (χ3v) is 3.87. The van der Waals surface area contributed by atoms with Gasteiger partial charge in [0.25, 0.3) is 5.22 Å². The fraction of sp³-hybridized carbons (Fsp3) is 0.308. The molecule has 5 heteroatoms. The Morgan fingerprint density at radius 2 is 2.33 bits per heavy atom. The van der Waals surface area contributed by atoms with Crippen molar-refractivity contribution >= 4 is 23.4 Å². The molecule has 1 aromatic carbocycles. The Morgan fingerprint density at radius 3 is 3.00 bits per heavy atom. The smallest absolute Gasteiger partial charge is 0.260 e. The molecular formula is C13H15ClN2OS. The van der Waals surface area contributed by atoms with Crippen LogP contribution in [-0.4, -0.2) is 11.0 Å². The first-order chi connectivity index (χ1) is 8.69. The highest BCUT2D eigenvalue weighted by Crippen LogP contribution is 2.31. The standard InChI is InChI=1S/C13H15ClN2OS/c1-2-11(15)8-9-7-10(14)3-4-12(9)18-13-16-5-6-17-13/h3-7,11H,2,8,15H2,1H3. The maximum Gasteiger partial charge on any atom is 0.260 e. The summed E-state index contributed by atoms with van der Waals surface area (Å²) in [5.41, 5.74) is 7.14. The number of nitrogens with two attached hydrogens (primary N) is 1. The zero-order valence-electron chi connectivity index (χ0n) is 10.1. The lowest BCUT2D eigenvalue weighted by atomic mass is 10.0. The van der Waals surface area contributed by atoms with Gasteiger partial charge in [-0.1, -0.05) is 18.5 Å². The highest BCUT2D eigenvalue weighted by Gasteiger charge is 2.11. The lowest BCUT2D eigenvalue weighted by Crippen LogP contribution is -2.21. The van der Waals surface area contributed by atoms with Crippen LogP contribution in [0, 0.1) is 0 Å². The van der Waals surface area contributed by atoms with E-state index in [9.17, 15) is 0 Å². The monoisotopic (exact) mass is 282 g/mol. The maximum absolute atomic E-state index is 6.04. The number of nitrogens with zero attached hydrogens (tertiary/aromatic N) is 1. The summed E-state index contributed by atoms with van der Waals surface area (Å²) < 4.78 is 5.24. The largest absolute Gasteiger partial charge is 0.440 e. The van der Waals surface area contributed by atoms with Gasteiger partial charge >= 0.3 is 0 Å². The van der Waals surface area contributed by atoms with Crippen LogP contribution in [0.3, 0.4) is 0 Å². The van der Waals surface area contributed by atoms with Gasteiger partial charge in [-0.15, -0.1) is 0 Å². The zero-order chi connectivity index (χ0) is 13.0. The van der Waals surface area contributed by atoms with Crippen LogP contribution in [0.15, 0.2) is 45.2 Å². The van der Waals surface area contributed by atoms with E-state index in [4.69, 9.17) is 21.8 Å². The quantitative estimate of drug-likeness (QED) is 0.907. The Hall–Kier alpha value is -0.970. The summed E-state index contributed by atoms with van der Waals surface area (Å²) in [4.78, 5) is 5.20. The molecule has 2 rings (SSSR count). The molecule has 0 aliphatic rings. The first-order valence-electron chi connectivity index (χ1n) is 5.80. The van der Waals surface area contributed by atoms with E-state index in [1.807, 2.05) is 18.2 Å². The van der Waals surface area contributed by atoms with E-state index >= 15 is 0 Å². The summed E-state index contributed by atoms with van der Waals surface area (Å²) in [5, 5.41) is 1.36. The molecule has 0 aliphatic carbocycles. The van der Waals surface area contributed by atoms with Crippen LogP contribution >= 0.6 is 23.4 Å². The minimum absolute atomic E-state index is 0.146. The van der Waals surface area contributed by atoms with Gasteiger partial charge in [-0.2, -0.15) is 0 Å². The average Bonchev–Trinajstić information content (AvgIpc) is 2.85. The predicted octanol–water partition coefficient (Wildman–Crippen LogP) is 3.76. The molecule has 0 aliphatic heterocycles. The molecule has 0 radical (unpaired) electrons. The molecule has 0 bridgehead atoms. The zero-order valence-corrected chi connectivity index (χ0v) is 11.7. The number of benzene rings is 1. The second kappa shape index (κ2) is 6.27. The van der Waals surface area contributed by atoms with Gasteiger partial charge in [0.1, 0.15) is 6.26 Å². The van der Waals surface area contributed by atoms with Crippen LogP contribution < -0.4 is 5.73 Å². The topological polar surface area (TPSA) is 52.0 Å². The summed E-state index contributed by atoms with van der Waals surface area (Å²) in [6.45, 7) is 2.08. The van der Waals surface area contributed by atoms with E-state index in [1.54, 1.807) is 12.5 Å². The molecule has 1 unspecified atom stereocenters. The summed E-state index contributed by atoms with van der Waals surface area (Å²) >= 11 is 7.53. The third-order valence-electron chi connectivity index (χ3n) is 2.64. The van der Waals surface area contributed by atoms with Gasteiger partial charge < -0.3 is 10.2 Å². The van der Waals surface area contributed by atoms with Crippen LogP contribution in [0.5, 0.6) is 0 Å². The van der Waals surface area contributed by atoms with E-state index in [0.717, 1.165) is 28.3 Å². The minimum Gasteiger partial charge on any atom is -0.440 e. The van der Waals surface area contributed by atoms with Crippen LogP contribution in [0.2, 0.25) is 5.02 Å². The number of oxazole rings is 1. The second-order valence-corrected chi connectivity index (χ2v) is 5.45. The van der Waals surface area contributed by atoms with Crippen LogP contribution in [-0.2, 0) is 6.42 Å². The van der Waals surface area contributed by atoms with Gasteiger partial charge in [0, 0.05) is 16.0 Å². The summed E-state index contributed by atoms with van der Waals surface area (Å²) in [7, 11) is 0. The van der Waals surface area contributed by atoms with Gasteiger partial charge in [-0.05, 0) is 48.4 Å². The summed E-state index contributed by atoms with van der Waals surface area (Å²) in [6, 6.07) is 5.96. The van der Waals surface area contributed by atoms with Crippen LogP contribution in [0.1, 0.15) is 18.9 Å². The number of halogens is 1. The minimum atomic E-state index is 0.146. The molecule has 0 saturated carbocycles. The number of aromatic nitrogens is 1. The molecule has 2 N–H and O–H groups in total. The molecule has 0 spiro atoms. The van der Waals surface area contributed by atoms with Gasteiger partial charge in [0.15, 0.2) is 0 Å². The van der Waals surface area contributed by atoms with Crippen molar-refractivity contribution in [1.29, 1.82) is 0 Å². The Bertz CT molecular complexity index is 502. The molecule has 0 amide bonds. The normalized spacial score (nSPS) is 12.6. The molecule has 1 atom stereocenters. The van der Waals surface area contributed by atoms with Crippen molar-refractivity contribution in [2.75, 3.05) is 0 Å². The van der Waals surface area contributed by atoms with Crippen molar-refractivity contribution in [2.24, 2.45) is 5.73 Å². The van der Waals surface area contributed by atoms with E-state index in [2.05, 4.69) is 11.9 Å². The maximum atomic E-state index is 6.04. The van der Waals surface area contributed by atoms with Crippen molar-refractivity contribution in [3.63, 3.8) is 0 Å². The first kappa shape index (κ1) is 13.5. The molecule has 0 fully saturated rings. The fourth-order valence-electron chi connectivity index (χ4n) is 1.59. The number of hydrogen-bond donors (Lipinski definition) is 1. The Morgan fingerprint density at radius 1 is 1.50 bits per heavy atom. The van der Waals surface area contributed by atoms with Gasteiger partial charge in [0.05, 0.1) is 6.20 Å². The van der Waals surface area contributed by atoms with Gasteiger partial charge in [-0.3, -0.25) is 0 Å². The molecular weight excluding hydrogens is 268 g/mol. The van der Waals surface area contributed by atoms with Gasteiger partial charge in [-0.25, -0.2) is 4.98 Å². The Labute approximate surface area is 116 Å². The SMILES string of the molecule is CCC(N)Cc1cc(Cl)ccc1Sc1ncco1. The van der Waals surface area contributed by atoms with Crippen molar-refractivity contribution < 1.29 is 4.42 Å². The van der Waals surface area contributed by atoms with Crippen molar-refractivity contribution in [2.45, 2.75) is 35.9 Å². The molecule has 1 aromatic heterocycles. The van der Waals surface area contributed by atoms with Crippen molar-refractivity contribution in [1.82, 2.24) is 4.98 Å². The highest BCUT2D eigenvalue weighted by molar-refractivity contribution is 7.99. The fourth-order valence-corrected chi connectivity index (χ4v) is 2.60. The third kappa shape index (κ3) is 3.51. The van der Waals surface area contributed by atoms with Gasteiger partial charge in [0.2, 0.25) is 0 Å². The molecule has 3 nitrogen and oxygen atoms in total. The lowest BCUT2D eigenvalue weighted by molar-refractivity contribution is 0.454. The molecule has 96 valence electrons. The molecule has 1 heterocycles. The Balaban J connectivity index is 2.22. The average molecular weight is 283 g/mol. The van der Waals surface area contributed by atoms with Crippen LogP contribution in [0.4, 0.5) is 0 Å². The van der Waals surface area contributed by atoms with E-state index in [1.165, 1.54) is 11.8 Å². The molecule has 18 heavy (non-hydrogen) atoms. The van der Waals surface area contributed by atoms with Crippen molar-refractivity contribution in [3.8, 4) is 0 Å². The van der Waals surface area contributed by atoms with E-state index in [-0.39, 0.29) is 6.04 Å². The van der Waals surface area contributed by atoms with Crippen LogP contribution in [0.25, 0.3) is 0 Å². The highest BCUT2D eigenvalue weighted by atomic mass is 35.5. The molecule has 0 saturated heterocycles. The summed E-state index contributed by atoms with van der Waals surface area (Å²) in [5.74, 6) is 0. The lowest BCUT2D eigenvalue weighted by Gasteiger charge is -2.12. The summed E-state index contributed by atoms with van der Waals surface area (Å²) in [6.07, 6.45) is 4.95. The number of rotatable bonds is 5. The predicted molar refractivity (Wildman–Crippen MR) is 74.0 cm³/mol. The Kier molecular flexibility index (Phi) is 4.69. The second-order valence-electron chi connectivity index (χ2n) is 4.02. The van der Waals surface area contributed by atoms with E-state index < -0.39 is 0 Å².